The van der Waals surface area contributed by atoms with Crippen molar-refractivity contribution in [3.63, 3.8) is 0 Å². The van der Waals surface area contributed by atoms with Crippen molar-refractivity contribution in [3.05, 3.63) is 191 Å². The molecule has 4 nitrogen and oxygen atoms in total. The maximum Gasteiger partial charge on any atom is 0.164 e. The minimum absolute atomic E-state index is 0.695. The molecule has 8 aromatic rings. The first-order valence-corrected chi connectivity index (χ1v) is 20.5. The predicted molar refractivity (Wildman–Crippen MR) is 241 cm³/mol. The average Bonchev–Trinajstić information content (AvgIpc) is 3.82. The van der Waals surface area contributed by atoms with E-state index in [1.807, 2.05) is 0 Å². The highest BCUT2D eigenvalue weighted by Gasteiger charge is 2.23. The van der Waals surface area contributed by atoms with Crippen molar-refractivity contribution in [1.29, 1.82) is 0 Å². The molecule has 0 saturated carbocycles. The molecule has 0 fully saturated rings. The number of aromatic nitrogens is 4. The van der Waals surface area contributed by atoms with E-state index in [0.717, 1.165) is 54.6 Å². The van der Waals surface area contributed by atoms with Crippen LogP contribution in [0.25, 0.3) is 83.7 Å². The molecule has 0 bridgehead atoms. The Balaban J connectivity index is 0.982. The highest BCUT2D eigenvalue weighted by Crippen LogP contribution is 2.43. The molecule has 0 spiro atoms. The molecule has 58 heavy (non-hydrogen) atoms. The monoisotopic (exact) mass is 746 g/mol. The van der Waals surface area contributed by atoms with Crippen LogP contribution >= 0.6 is 0 Å². The maximum atomic E-state index is 5.12. The Bertz CT molecular complexity index is 3100. The van der Waals surface area contributed by atoms with Crippen LogP contribution in [0.5, 0.6) is 0 Å². The van der Waals surface area contributed by atoms with E-state index < -0.39 is 0 Å². The minimum atomic E-state index is 0.695. The van der Waals surface area contributed by atoms with Gasteiger partial charge in [-0.15, -0.1) is 0 Å². The van der Waals surface area contributed by atoms with Gasteiger partial charge < -0.3 is 4.57 Å². The third kappa shape index (κ3) is 5.78. The number of allylic oxidation sites excluding steroid dienone is 8. The molecule has 0 saturated heterocycles. The van der Waals surface area contributed by atoms with Gasteiger partial charge in [0.05, 0.1) is 11.0 Å². The largest absolute Gasteiger partial charge is 0.309 e. The summed E-state index contributed by atoms with van der Waals surface area (Å²) in [7, 11) is 0. The van der Waals surface area contributed by atoms with Crippen LogP contribution in [0.4, 0.5) is 0 Å². The third-order valence-corrected chi connectivity index (χ3v) is 12.3. The number of nitrogens with zero attached hydrogens (tertiary/aromatic N) is 4. The molecule has 278 valence electrons. The van der Waals surface area contributed by atoms with E-state index in [2.05, 4.69) is 176 Å². The zero-order chi connectivity index (χ0) is 38.7. The first-order valence-electron chi connectivity index (χ1n) is 20.5. The standard InChI is InChI=1S/C54H42N4/c1-34-13-9-10-18-44(34)45-29-30-50-51(35(45)2)47-19-11-12-20-49(47)58(50)43-27-25-40-31-42-32-41(26-28-46(42)48(40)33-43)54-56-52(38-16-7-4-8-17-38)55-53(57-54)39-23-21-37(22-24-39)36-14-5-3-6-15-36/h5,7,9-30,32-33H,3-4,6,8,31H2,1-2H3. The first kappa shape index (κ1) is 34.3. The van der Waals surface area contributed by atoms with Crippen LogP contribution in [0, 0.1) is 13.8 Å². The van der Waals surface area contributed by atoms with Crippen LogP contribution in [-0.2, 0) is 6.42 Å². The number of benzene rings is 6. The van der Waals surface area contributed by atoms with Crippen molar-refractivity contribution < 1.29 is 0 Å². The summed E-state index contributed by atoms with van der Waals surface area (Å²) in [6.45, 7) is 4.48. The van der Waals surface area contributed by atoms with Crippen LogP contribution in [0.15, 0.2) is 158 Å². The molecule has 2 heterocycles. The summed E-state index contributed by atoms with van der Waals surface area (Å²) >= 11 is 0. The molecular weight excluding hydrogens is 705 g/mol. The normalized spacial score (nSPS) is 14.4. The van der Waals surface area contributed by atoms with Crippen LogP contribution in [0.3, 0.4) is 0 Å². The highest BCUT2D eigenvalue weighted by atomic mass is 15.0. The molecule has 0 atom stereocenters. The number of fused-ring (bicyclic) bond motifs is 6. The van der Waals surface area contributed by atoms with Crippen molar-refractivity contribution in [1.82, 2.24) is 19.5 Å². The quantitative estimate of drug-likeness (QED) is 0.170. The fourth-order valence-corrected chi connectivity index (χ4v) is 9.32. The van der Waals surface area contributed by atoms with Gasteiger partial charge >= 0.3 is 0 Å². The van der Waals surface area contributed by atoms with Crippen molar-refractivity contribution in [2.45, 2.75) is 46.0 Å². The predicted octanol–water partition coefficient (Wildman–Crippen LogP) is 13.6. The van der Waals surface area contributed by atoms with E-state index in [1.54, 1.807) is 0 Å². The van der Waals surface area contributed by atoms with E-state index in [1.165, 1.54) is 83.1 Å². The third-order valence-electron chi connectivity index (χ3n) is 12.3. The van der Waals surface area contributed by atoms with E-state index in [9.17, 15) is 0 Å². The zero-order valence-electron chi connectivity index (χ0n) is 32.8. The molecule has 3 aliphatic carbocycles. The molecule has 0 unspecified atom stereocenters. The molecule has 0 radical (unpaired) electrons. The summed E-state index contributed by atoms with van der Waals surface area (Å²) in [4.78, 5) is 15.3. The Morgan fingerprint density at radius 3 is 1.97 bits per heavy atom. The Hall–Kier alpha value is -6.91. The lowest BCUT2D eigenvalue weighted by Crippen LogP contribution is -2.03. The van der Waals surface area contributed by atoms with Crippen LogP contribution in [-0.4, -0.2) is 19.5 Å². The highest BCUT2D eigenvalue weighted by molar-refractivity contribution is 6.12. The van der Waals surface area contributed by atoms with E-state index >= 15 is 0 Å². The van der Waals surface area contributed by atoms with Crippen LogP contribution in [0.2, 0.25) is 0 Å². The van der Waals surface area contributed by atoms with E-state index in [0.29, 0.717) is 11.6 Å². The summed E-state index contributed by atoms with van der Waals surface area (Å²) in [5, 5.41) is 2.59. The summed E-state index contributed by atoms with van der Waals surface area (Å²) in [6.07, 6.45) is 18.5. The number of para-hydroxylation sites is 1. The number of rotatable bonds is 6. The Morgan fingerprint density at radius 2 is 1.17 bits per heavy atom. The molecule has 0 aliphatic heterocycles. The summed E-state index contributed by atoms with van der Waals surface area (Å²) < 4.78 is 2.45. The van der Waals surface area contributed by atoms with Gasteiger partial charge in [0, 0.05) is 33.2 Å². The van der Waals surface area contributed by atoms with Crippen molar-refractivity contribution >= 4 is 33.0 Å². The second-order valence-electron chi connectivity index (χ2n) is 15.9. The Morgan fingerprint density at radius 1 is 0.483 bits per heavy atom. The van der Waals surface area contributed by atoms with Gasteiger partial charge in [-0.25, -0.2) is 15.0 Å². The van der Waals surface area contributed by atoms with Gasteiger partial charge in [0.2, 0.25) is 0 Å². The molecule has 6 aromatic carbocycles. The molecule has 0 amide bonds. The van der Waals surface area contributed by atoms with Gasteiger partial charge in [-0.05, 0) is 132 Å². The second-order valence-corrected chi connectivity index (χ2v) is 15.9. The Kier molecular flexibility index (Phi) is 8.25. The van der Waals surface area contributed by atoms with Gasteiger partial charge in [0.25, 0.3) is 0 Å². The average molecular weight is 747 g/mol. The number of hydrogen-bond donors (Lipinski definition) is 0. The molecule has 3 aliphatic rings. The molecular formula is C54H42N4. The minimum Gasteiger partial charge on any atom is -0.309 e. The lowest BCUT2D eigenvalue weighted by Gasteiger charge is -2.13. The molecule has 11 rings (SSSR count). The summed E-state index contributed by atoms with van der Waals surface area (Å²) in [6, 6.07) is 44.6. The SMILES string of the molecule is Cc1ccccc1-c1ccc2c(c1C)c1ccccc1n2-c1ccc2c(c1)-c1ccc(-c3nc(C4=CCCC=C4)nc(-c4ccc(C5=CCCC=C5)cc4)n3)cc1C2. The smallest absolute Gasteiger partial charge is 0.164 e. The van der Waals surface area contributed by atoms with Gasteiger partial charge in [-0.2, -0.15) is 0 Å². The van der Waals surface area contributed by atoms with Gasteiger partial charge in [0.15, 0.2) is 17.5 Å². The number of hydrogen-bond acceptors (Lipinski definition) is 3. The Labute approximate surface area is 339 Å². The lowest BCUT2D eigenvalue weighted by molar-refractivity contribution is 1.01. The fraction of sp³-hybridized carbons (Fsp3) is 0.130. The van der Waals surface area contributed by atoms with Crippen LogP contribution < -0.4 is 0 Å². The van der Waals surface area contributed by atoms with E-state index in [-0.39, 0.29) is 0 Å². The molecule has 4 heteroatoms. The second kappa shape index (κ2) is 13.9. The number of aryl methyl sites for hydroxylation is 2. The van der Waals surface area contributed by atoms with Crippen molar-refractivity contribution in [2.75, 3.05) is 0 Å². The van der Waals surface area contributed by atoms with Crippen LogP contribution in [0.1, 0.15) is 59.3 Å². The first-order chi connectivity index (χ1) is 28.6. The van der Waals surface area contributed by atoms with Crippen molar-refractivity contribution in [2.24, 2.45) is 0 Å². The maximum absolute atomic E-state index is 5.12. The van der Waals surface area contributed by atoms with Crippen molar-refractivity contribution in [3.8, 4) is 50.7 Å². The van der Waals surface area contributed by atoms with Gasteiger partial charge in [0.1, 0.15) is 0 Å². The summed E-state index contributed by atoms with van der Waals surface area (Å²) in [5.74, 6) is 2.12. The van der Waals surface area contributed by atoms with Gasteiger partial charge in [-0.1, -0.05) is 127 Å². The van der Waals surface area contributed by atoms with E-state index in [4.69, 9.17) is 15.0 Å². The lowest BCUT2D eigenvalue weighted by atomic mass is 9.94. The summed E-state index contributed by atoms with van der Waals surface area (Å²) in [5.41, 5.74) is 19.5. The zero-order valence-corrected chi connectivity index (χ0v) is 32.8. The topological polar surface area (TPSA) is 43.6 Å². The molecule has 2 aromatic heterocycles. The van der Waals surface area contributed by atoms with Gasteiger partial charge in [-0.3, -0.25) is 0 Å². The molecule has 0 N–H and O–H groups in total. The fourth-order valence-electron chi connectivity index (χ4n) is 9.32.